The van der Waals surface area contributed by atoms with E-state index in [1.54, 1.807) is 7.05 Å². The summed E-state index contributed by atoms with van der Waals surface area (Å²) < 4.78 is 2.56. The van der Waals surface area contributed by atoms with Gasteiger partial charge in [0.05, 0.1) is 5.69 Å². The third-order valence-corrected chi connectivity index (χ3v) is 5.34. The van der Waals surface area contributed by atoms with Crippen LogP contribution in [0.3, 0.4) is 0 Å². The monoisotopic (exact) mass is 396 g/mol. The van der Waals surface area contributed by atoms with E-state index < -0.39 is 0 Å². The first-order valence-corrected chi connectivity index (χ1v) is 9.89. The van der Waals surface area contributed by atoms with Crippen molar-refractivity contribution in [3.05, 3.63) is 99.0 Å². The number of rotatable bonds is 4. The van der Waals surface area contributed by atoms with Crippen LogP contribution >= 0.6 is 0 Å². The number of aromatic nitrogens is 4. The molecule has 5 heteroatoms. The highest BCUT2D eigenvalue weighted by Crippen LogP contribution is 2.25. The molecule has 0 saturated carbocycles. The first-order chi connectivity index (χ1) is 14.4. The fourth-order valence-electron chi connectivity index (χ4n) is 3.49. The molecule has 0 fully saturated rings. The summed E-state index contributed by atoms with van der Waals surface area (Å²) in [5, 5.41) is 7.83. The zero-order valence-corrected chi connectivity index (χ0v) is 17.6. The Hall–Kier alpha value is -3.73. The van der Waals surface area contributed by atoms with Crippen molar-refractivity contribution in [3.8, 4) is 16.8 Å². The number of benzene rings is 3. The maximum atomic E-state index is 12.3. The van der Waals surface area contributed by atoms with Gasteiger partial charge in [-0.05, 0) is 65.1 Å². The molecule has 150 valence electrons. The van der Waals surface area contributed by atoms with Crippen LogP contribution in [0.5, 0.6) is 0 Å². The fraction of sp³-hybridized carbons (Fsp3) is 0.160. The van der Waals surface area contributed by atoms with E-state index in [9.17, 15) is 4.79 Å². The summed E-state index contributed by atoms with van der Waals surface area (Å²) in [5.41, 5.74) is 8.45. The molecule has 4 rings (SSSR count). The highest BCUT2D eigenvalue weighted by atomic mass is 16.2. The lowest BCUT2D eigenvalue weighted by atomic mass is 9.98. The summed E-state index contributed by atoms with van der Waals surface area (Å²) in [5.74, 6) is 0. The van der Waals surface area contributed by atoms with Crippen LogP contribution in [0, 0.1) is 20.8 Å². The topological polar surface area (TPSA) is 52.7 Å². The lowest BCUT2D eigenvalue weighted by molar-refractivity contribution is 0.693. The lowest BCUT2D eigenvalue weighted by Crippen LogP contribution is -2.22. The summed E-state index contributed by atoms with van der Waals surface area (Å²) in [6, 6.07) is 20.9. The number of tetrazole rings is 1. The van der Waals surface area contributed by atoms with Gasteiger partial charge in [0.25, 0.3) is 0 Å². The van der Waals surface area contributed by atoms with Crippen LogP contribution in [-0.4, -0.2) is 19.8 Å². The Bertz CT molecular complexity index is 1290. The molecule has 4 aromatic rings. The van der Waals surface area contributed by atoms with E-state index in [2.05, 4.69) is 72.8 Å². The van der Waals surface area contributed by atoms with Crippen LogP contribution in [0.4, 0.5) is 0 Å². The van der Waals surface area contributed by atoms with Crippen LogP contribution in [0.25, 0.3) is 29.0 Å². The van der Waals surface area contributed by atoms with Crippen molar-refractivity contribution in [2.45, 2.75) is 20.8 Å². The van der Waals surface area contributed by atoms with Gasteiger partial charge in [0, 0.05) is 12.6 Å². The summed E-state index contributed by atoms with van der Waals surface area (Å²) >= 11 is 0. The molecule has 1 heterocycles. The smallest absolute Gasteiger partial charge is 0.244 e. The van der Waals surface area contributed by atoms with Gasteiger partial charge in [-0.3, -0.25) is 0 Å². The van der Waals surface area contributed by atoms with Gasteiger partial charge >= 0.3 is 5.69 Å². The normalized spacial score (nSPS) is 11.3. The van der Waals surface area contributed by atoms with E-state index in [0.29, 0.717) is 0 Å². The maximum Gasteiger partial charge on any atom is 0.368 e. The minimum absolute atomic E-state index is 0.270. The van der Waals surface area contributed by atoms with Crippen LogP contribution < -0.4 is 5.69 Å². The Labute approximate surface area is 175 Å². The van der Waals surface area contributed by atoms with Gasteiger partial charge in [-0.25, -0.2) is 4.79 Å². The molecule has 0 spiro atoms. The van der Waals surface area contributed by atoms with Gasteiger partial charge in [-0.2, -0.15) is 9.36 Å². The van der Waals surface area contributed by atoms with Gasteiger partial charge in [0.2, 0.25) is 0 Å². The molecule has 0 radical (unpaired) electrons. The van der Waals surface area contributed by atoms with E-state index in [0.717, 1.165) is 22.4 Å². The van der Waals surface area contributed by atoms with Crippen LogP contribution in [-0.2, 0) is 7.05 Å². The largest absolute Gasteiger partial charge is 0.368 e. The molecule has 0 aliphatic heterocycles. The third kappa shape index (κ3) is 3.74. The molecule has 1 aromatic heterocycles. The van der Waals surface area contributed by atoms with E-state index in [1.807, 2.05) is 31.2 Å². The van der Waals surface area contributed by atoms with Crippen LogP contribution in [0.2, 0.25) is 0 Å². The molecule has 5 nitrogen and oxygen atoms in total. The number of aryl methyl sites for hydroxylation is 4. The summed E-state index contributed by atoms with van der Waals surface area (Å²) in [7, 11) is 1.59. The molecule has 30 heavy (non-hydrogen) atoms. The number of hydrogen-bond acceptors (Lipinski definition) is 3. The maximum absolute atomic E-state index is 12.3. The average molecular weight is 396 g/mol. The fourth-order valence-corrected chi connectivity index (χ4v) is 3.49. The molecular weight excluding hydrogens is 372 g/mol. The Balaban J connectivity index is 1.70. The standard InChI is InChI=1S/C25H24N4O/c1-17-8-10-21(11-9-17)22-13-12-20(19(3)16-22)14-15-23-18(2)6-5-7-24(23)29-25(30)28(4)26-27-29/h5-16H,1-4H3/b15-14+. The molecule has 0 N–H and O–H groups in total. The number of hydrogen-bond donors (Lipinski definition) is 0. The molecule has 0 saturated heterocycles. The van der Waals surface area contributed by atoms with E-state index in [4.69, 9.17) is 0 Å². The predicted octanol–water partition coefficient (Wildman–Crippen LogP) is 4.73. The van der Waals surface area contributed by atoms with Gasteiger partial charge < -0.3 is 0 Å². The third-order valence-electron chi connectivity index (χ3n) is 5.34. The lowest BCUT2D eigenvalue weighted by Gasteiger charge is -2.09. The Morgan fingerprint density at radius 3 is 2.20 bits per heavy atom. The molecule has 0 aliphatic rings. The van der Waals surface area contributed by atoms with E-state index in [1.165, 1.54) is 31.6 Å². The zero-order chi connectivity index (χ0) is 21.3. The van der Waals surface area contributed by atoms with Gasteiger partial charge in [0.1, 0.15) is 0 Å². The van der Waals surface area contributed by atoms with E-state index >= 15 is 0 Å². The number of nitrogens with zero attached hydrogens (tertiary/aromatic N) is 4. The summed E-state index contributed by atoms with van der Waals surface area (Å²) in [6.45, 7) is 6.24. The minimum Gasteiger partial charge on any atom is -0.244 e. The molecule has 0 unspecified atom stereocenters. The molecule has 3 aromatic carbocycles. The van der Waals surface area contributed by atoms with Crippen molar-refractivity contribution < 1.29 is 0 Å². The molecule has 0 aliphatic carbocycles. The van der Waals surface area contributed by atoms with E-state index in [-0.39, 0.29) is 5.69 Å². The second-order valence-electron chi connectivity index (χ2n) is 7.58. The van der Waals surface area contributed by atoms with Crippen LogP contribution in [0.15, 0.2) is 65.5 Å². The van der Waals surface area contributed by atoms with Crippen molar-refractivity contribution in [2.75, 3.05) is 0 Å². The second-order valence-corrected chi connectivity index (χ2v) is 7.58. The van der Waals surface area contributed by atoms with Gasteiger partial charge in [-0.1, -0.05) is 72.3 Å². The average Bonchev–Trinajstić information content (AvgIpc) is 3.07. The Kier molecular flexibility index (Phi) is 5.19. The predicted molar refractivity (Wildman–Crippen MR) is 122 cm³/mol. The second kappa shape index (κ2) is 7.95. The Morgan fingerprint density at radius 2 is 1.53 bits per heavy atom. The molecule has 0 amide bonds. The highest BCUT2D eigenvalue weighted by Gasteiger charge is 2.11. The SMILES string of the molecule is Cc1ccc(-c2ccc(/C=C/c3c(C)cccc3-n3nnn(C)c3=O)c(C)c2)cc1. The van der Waals surface area contributed by atoms with Crippen molar-refractivity contribution in [2.24, 2.45) is 7.05 Å². The van der Waals surface area contributed by atoms with Crippen molar-refractivity contribution in [3.63, 3.8) is 0 Å². The highest BCUT2D eigenvalue weighted by molar-refractivity contribution is 5.78. The van der Waals surface area contributed by atoms with Gasteiger partial charge in [-0.15, -0.1) is 0 Å². The zero-order valence-electron chi connectivity index (χ0n) is 17.6. The quantitative estimate of drug-likeness (QED) is 0.469. The first-order valence-electron chi connectivity index (χ1n) is 9.89. The summed E-state index contributed by atoms with van der Waals surface area (Å²) in [4.78, 5) is 12.3. The molecular formula is C25H24N4O. The first kappa shape index (κ1) is 19.6. The minimum atomic E-state index is -0.270. The van der Waals surface area contributed by atoms with Crippen molar-refractivity contribution >= 4 is 12.2 Å². The Morgan fingerprint density at radius 1 is 0.800 bits per heavy atom. The van der Waals surface area contributed by atoms with Crippen molar-refractivity contribution in [1.82, 2.24) is 19.8 Å². The van der Waals surface area contributed by atoms with Crippen LogP contribution in [0.1, 0.15) is 27.8 Å². The van der Waals surface area contributed by atoms with Gasteiger partial charge in [0.15, 0.2) is 0 Å². The summed E-state index contributed by atoms with van der Waals surface area (Å²) in [6.07, 6.45) is 4.13. The van der Waals surface area contributed by atoms with Crippen molar-refractivity contribution in [1.29, 1.82) is 0 Å². The molecule has 0 bridgehead atoms. The molecule has 0 atom stereocenters.